The Balaban J connectivity index is 1.65. The van der Waals surface area contributed by atoms with Gasteiger partial charge in [0.15, 0.2) is 0 Å². The van der Waals surface area contributed by atoms with Crippen LogP contribution in [-0.4, -0.2) is 16.9 Å². The Labute approximate surface area is 161 Å². The van der Waals surface area contributed by atoms with Crippen molar-refractivity contribution in [3.8, 4) is 0 Å². The van der Waals surface area contributed by atoms with Crippen molar-refractivity contribution < 1.29 is 4.79 Å². The number of aromatic nitrogens is 1. The van der Waals surface area contributed by atoms with Gasteiger partial charge in [0.25, 0.3) is 5.91 Å². The molecule has 2 aromatic heterocycles. The number of hydrogen-bond acceptors (Lipinski definition) is 4. The van der Waals surface area contributed by atoms with E-state index in [0.29, 0.717) is 10.6 Å². The van der Waals surface area contributed by atoms with E-state index in [2.05, 4.69) is 32.0 Å². The van der Waals surface area contributed by atoms with Crippen LogP contribution in [0.25, 0.3) is 21.1 Å². The van der Waals surface area contributed by atoms with Crippen molar-refractivity contribution in [1.82, 2.24) is 4.98 Å². The van der Waals surface area contributed by atoms with Gasteiger partial charge in [-0.2, -0.15) is 0 Å². The number of para-hydroxylation sites is 1. The van der Waals surface area contributed by atoms with Crippen LogP contribution in [0.3, 0.4) is 0 Å². The molecule has 5 rings (SSSR count). The molecule has 1 aliphatic rings. The number of fused-ring (bicyclic) bond motifs is 3. The third kappa shape index (κ3) is 2.42. The number of nitrogens with zero attached hydrogens (tertiary/aromatic N) is 2. The SMILES string of the molecule is Cc1ccc2nc3sc(C(=O)N4c5ccccc5C[C@H]4C)c(N)c3cc2c1. The van der Waals surface area contributed by atoms with Crippen LogP contribution in [0.4, 0.5) is 11.4 Å². The van der Waals surface area contributed by atoms with Gasteiger partial charge < -0.3 is 10.6 Å². The molecule has 4 nitrogen and oxygen atoms in total. The van der Waals surface area contributed by atoms with E-state index in [4.69, 9.17) is 10.7 Å². The minimum atomic E-state index is -0.0341. The third-order valence-electron chi connectivity index (χ3n) is 5.29. The van der Waals surface area contributed by atoms with Crippen LogP contribution in [0.15, 0.2) is 48.5 Å². The molecule has 5 heteroatoms. The van der Waals surface area contributed by atoms with Crippen LogP contribution in [-0.2, 0) is 6.42 Å². The Hall–Kier alpha value is -2.92. The van der Waals surface area contributed by atoms with E-state index in [0.717, 1.165) is 33.2 Å². The van der Waals surface area contributed by atoms with Crippen LogP contribution >= 0.6 is 11.3 Å². The molecule has 1 amide bonds. The summed E-state index contributed by atoms with van der Waals surface area (Å²) < 4.78 is 0. The first-order chi connectivity index (χ1) is 13.0. The molecule has 134 valence electrons. The van der Waals surface area contributed by atoms with Crippen molar-refractivity contribution in [2.24, 2.45) is 0 Å². The zero-order chi connectivity index (χ0) is 18.7. The second-order valence-corrected chi connectivity index (χ2v) is 8.24. The molecule has 0 fully saturated rings. The lowest BCUT2D eigenvalue weighted by molar-refractivity contribution is 0.0986. The zero-order valence-corrected chi connectivity index (χ0v) is 16.0. The minimum Gasteiger partial charge on any atom is -0.397 e. The highest BCUT2D eigenvalue weighted by molar-refractivity contribution is 7.21. The van der Waals surface area contributed by atoms with E-state index in [1.807, 2.05) is 35.2 Å². The summed E-state index contributed by atoms with van der Waals surface area (Å²) in [6, 6.07) is 16.4. The molecular weight excluding hydrogens is 354 g/mol. The Morgan fingerprint density at radius 3 is 2.89 bits per heavy atom. The van der Waals surface area contributed by atoms with Gasteiger partial charge in [0.2, 0.25) is 0 Å². The van der Waals surface area contributed by atoms with Gasteiger partial charge in [-0.3, -0.25) is 4.79 Å². The molecule has 0 aliphatic carbocycles. The highest BCUT2D eigenvalue weighted by Gasteiger charge is 2.33. The van der Waals surface area contributed by atoms with E-state index in [1.54, 1.807) is 0 Å². The molecule has 0 bridgehead atoms. The fourth-order valence-electron chi connectivity index (χ4n) is 3.97. The fourth-order valence-corrected chi connectivity index (χ4v) is 4.99. The lowest BCUT2D eigenvalue weighted by Gasteiger charge is -2.22. The van der Waals surface area contributed by atoms with Crippen molar-refractivity contribution in [2.45, 2.75) is 26.3 Å². The van der Waals surface area contributed by atoms with E-state index in [9.17, 15) is 4.79 Å². The summed E-state index contributed by atoms with van der Waals surface area (Å²) in [4.78, 5) is 21.4. The third-order valence-corrected chi connectivity index (χ3v) is 6.39. The summed E-state index contributed by atoms with van der Waals surface area (Å²) in [5.41, 5.74) is 11.3. The average Bonchev–Trinajstić information content (AvgIpc) is 3.16. The fraction of sp³-hybridized carbons (Fsp3) is 0.182. The van der Waals surface area contributed by atoms with Gasteiger partial charge in [-0.15, -0.1) is 11.3 Å². The number of amides is 1. The maximum Gasteiger partial charge on any atom is 0.270 e. The second kappa shape index (κ2) is 5.79. The van der Waals surface area contributed by atoms with Gasteiger partial charge in [-0.05, 0) is 50.1 Å². The minimum absolute atomic E-state index is 0.0341. The first kappa shape index (κ1) is 16.3. The Morgan fingerprint density at radius 2 is 2.04 bits per heavy atom. The number of anilines is 2. The van der Waals surface area contributed by atoms with Gasteiger partial charge in [0.1, 0.15) is 9.71 Å². The highest BCUT2D eigenvalue weighted by atomic mass is 32.1. The number of aryl methyl sites for hydroxylation is 1. The van der Waals surface area contributed by atoms with E-state index >= 15 is 0 Å². The molecule has 0 spiro atoms. The largest absolute Gasteiger partial charge is 0.397 e. The normalized spacial score (nSPS) is 16.2. The maximum atomic E-state index is 13.4. The number of thiophene rings is 1. The molecule has 0 saturated heterocycles. The number of rotatable bonds is 1. The topological polar surface area (TPSA) is 59.2 Å². The molecule has 1 atom stereocenters. The van der Waals surface area contributed by atoms with Gasteiger partial charge in [0, 0.05) is 22.5 Å². The summed E-state index contributed by atoms with van der Waals surface area (Å²) >= 11 is 1.39. The van der Waals surface area contributed by atoms with Gasteiger partial charge in [-0.25, -0.2) is 4.98 Å². The molecule has 0 unspecified atom stereocenters. The molecule has 2 aromatic carbocycles. The molecule has 2 N–H and O–H groups in total. The summed E-state index contributed by atoms with van der Waals surface area (Å²) in [7, 11) is 0. The van der Waals surface area contributed by atoms with Crippen LogP contribution in [0.5, 0.6) is 0 Å². The maximum absolute atomic E-state index is 13.4. The Kier molecular flexibility index (Phi) is 3.49. The predicted molar refractivity (Wildman–Crippen MR) is 113 cm³/mol. The monoisotopic (exact) mass is 373 g/mol. The Bertz CT molecular complexity index is 1230. The number of pyridine rings is 1. The predicted octanol–water partition coefficient (Wildman–Crippen LogP) is 4.93. The summed E-state index contributed by atoms with van der Waals surface area (Å²) in [5.74, 6) is -0.0341. The van der Waals surface area contributed by atoms with Gasteiger partial charge >= 0.3 is 0 Å². The van der Waals surface area contributed by atoms with Gasteiger partial charge in [-0.1, -0.05) is 29.8 Å². The lowest BCUT2D eigenvalue weighted by Crippen LogP contribution is -2.35. The summed E-state index contributed by atoms with van der Waals surface area (Å²) in [5, 5.41) is 1.91. The van der Waals surface area contributed by atoms with Gasteiger partial charge in [0.05, 0.1) is 11.2 Å². The van der Waals surface area contributed by atoms with Crippen LogP contribution < -0.4 is 10.6 Å². The van der Waals surface area contributed by atoms with Crippen molar-refractivity contribution in [2.75, 3.05) is 10.6 Å². The first-order valence-electron chi connectivity index (χ1n) is 9.04. The summed E-state index contributed by atoms with van der Waals surface area (Å²) in [6.07, 6.45) is 0.869. The second-order valence-electron chi connectivity index (χ2n) is 7.24. The summed E-state index contributed by atoms with van der Waals surface area (Å²) in [6.45, 7) is 4.14. The molecule has 0 radical (unpaired) electrons. The zero-order valence-electron chi connectivity index (χ0n) is 15.2. The average molecular weight is 373 g/mol. The van der Waals surface area contributed by atoms with Crippen LogP contribution in [0.2, 0.25) is 0 Å². The van der Waals surface area contributed by atoms with Crippen molar-refractivity contribution in [3.63, 3.8) is 0 Å². The highest BCUT2D eigenvalue weighted by Crippen LogP contribution is 2.39. The first-order valence-corrected chi connectivity index (χ1v) is 9.85. The smallest absolute Gasteiger partial charge is 0.270 e. The van der Waals surface area contributed by atoms with Crippen LogP contribution in [0.1, 0.15) is 27.7 Å². The number of benzene rings is 2. The van der Waals surface area contributed by atoms with Crippen LogP contribution in [0, 0.1) is 6.92 Å². The van der Waals surface area contributed by atoms with Crippen molar-refractivity contribution in [3.05, 3.63) is 64.5 Å². The number of carbonyl (C=O) groups excluding carboxylic acids is 1. The van der Waals surface area contributed by atoms with Crippen molar-refractivity contribution >= 4 is 49.7 Å². The molecule has 0 saturated carbocycles. The number of nitrogens with two attached hydrogens (primary N) is 1. The standard InChI is InChI=1S/C22H19N3OS/c1-12-7-8-17-15(9-12)11-16-19(23)20(27-21(16)24-17)22(26)25-13(2)10-14-5-3-4-6-18(14)25/h3-9,11,13H,10,23H2,1-2H3/t13-/m1/s1. The lowest BCUT2D eigenvalue weighted by atomic mass is 10.1. The molecular formula is C22H19N3OS. The van der Waals surface area contributed by atoms with E-state index in [1.165, 1.54) is 22.5 Å². The molecule has 1 aliphatic heterocycles. The Morgan fingerprint density at radius 1 is 1.22 bits per heavy atom. The molecule has 3 heterocycles. The molecule has 4 aromatic rings. The quantitative estimate of drug-likeness (QED) is 0.514. The number of carbonyl (C=O) groups is 1. The number of hydrogen-bond donors (Lipinski definition) is 1. The van der Waals surface area contributed by atoms with E-state index < -0.39 is 0 Å². The molecule has 27 heavy (non-hydrogen) atoms. The van der Waals surface area contributed by atoms with E-state index in [-0.39, 0.29) is 11.9 Å². The number of nitrogen functional groups attached to an aromatic ring is 1. The van der Waals surface area contributed by atoms with Crippen molar-refractivity contribution in [1.29, 1.82) is 0 Å².